The van der Waals surface area contributed by atoms with Crippen LogP contribution in [0.1, 0.15) is 45.5 Å². The molecular formula is C26H27N3O3. The number of nitrogens with one attached hydrogen (secondary N) is 3. The predicted octanol–water partition coefficient (Wildman–Crippen LogP) is 3.98. The summed E-state index contributed by atoms with van der Waals surface area (Å²) in [5.74, 6) is -0.733. The van der Waals surface area contributed by atoms with E-state index >= 15 is 0 Å². The predicted molar refractivity (Wildman–Crippen MR) is 126 cm³/mol. The normalized spacial score (nSPS) is 11.3. The number of hydrogen-bond acceptors (Lipinski definition) is 3. The summed E-state index contributed by atoms with van der Waals surface area (Å²) in [7, 11) is 0. The monoisotopic (exact) mass is 429 g/mol. The van der Waals surface area contributed by atoms with E-state index in [1.54, 1.807) is 48.5 Å². The Balaban J connectivity index is 1.46. The third-order valence-electron chi connectivity index (χ3n) is 5.07. The SMILES string of the molecule is CCC(C(=O)Nc1ccc(C(=O)NCCNC(=O)c2ccccc2)cc1)c1ccccc1. The van der Waals surface area contributed by atoms with E-state index in [1.807, 2.05) is 43.3 Å². The maximum absolute atomic E-state index is 12.7. The van der Waals surface area contributed by atoms with Gasteiger partial charge in [-0.1, -0.05) is 55.5 Å². The van der Waals surface area contributed by atoms with Crippen LogP contribution in [-0.4, -0.2) is 30.8 Å². The molecule has 0 aromatic heterocycles. The van der Waals surface area contributed by atoms with Gasteiger partial charge < -0.3 is 16.0 Å². The highest BCUT2D eigenvalue weighted by atomic mass is 16.2. The average molecular weight is 430 g/mol. The average Bonchev–Trinajstić information content (AvgIpc) is 2.83. The zero-order chi connectivity index (χ0) is 22.8. The van der Waals surface area contributed by atoms with Crippen LogP contribution in [0.5, 0.6) is 0 Å². The summed E-state index contributed by atoms with van der Waals surface area (Å²) in [5, 5.41) is 8.46. The van der Waals surface area contributed by atoms with Crippen LogP contribution in [0.15, 0.2) is 84.9 Å². The fourth-order valence-electron chi connectivity index (χ4n) is 3.34. The number of carbonyl (C=O) groups excluding carboxylic acids is 3. The molecule has 0 saturated carbocycles. The van der Waals surface area contributed by atoms with Crippen LogP contribution >= 0.6 is 0 Å². The van der Waals surface area contributed by atoms with Crippen LogP contribution < -0.4 is 16.0 Å². The maximum atomic E-state index is 12.7. The molecule has 3 aromatic rings. The zero-order valence-corrected chi connectivity index (χ0v) is 18.0. The van der Waals surface area contributed by atoms with Crippen molar-refractivity contribution in [2.45, 2.75) is 19.3 Å². The molecule has 32 heavy (non-hydrogen) atoms. The quantitative estimate of drug-likeness (QED) is 0.450. The van der Waals surface area contributed by atoms with E-state index in [2.05, 4.69) is 16.0 Å². The molecule has 164 valence electrons. The molecular weight excluding hydrogens is 402 g/mol. The number of benzene rings is 3. The molecule has 0 spiro atoms. The Morgan fingerprint density at radius 1 is 0.688 bits per heavy atom. The van der Waals surface area contributed by atoms with Gasteiger partial charge in [0.05, 0.1) is 5.92 Å². The maximum Gasteiger partial charge on any atom is 0.251 e. The van der Waals surface area contributed by atoms with E-state index < -0.39 is 0 Å². The summed E-state index contributed by atoms with van der Waals surface area (Å²) in [4.78, 5) is 37.0. The van der Waals surface area contributed by atoms with Crippen LogP contribution in [0.2, 0.25) is 0 Å². The number of carbonyl (C=O) groups is 3. The van der Waals surface area contributed by atoms with Gasteiger partial charge in [0.2, 0.25) is 5.91 Å². The van der Waals surface area contributed by atoms with Crippen molar-refractivity contribution >= 4 is 23.4 Å². The third kappa shape index (κ3) is 6.28. The molecule has 0 fully saturated rings. The topological polar surface area (TPSA) is 87.3 Å². The first-order valence-electron chi connectivity index (χ1n) is 10.7. The van der Waals surface area contributed by atoms with Crippen molar-refractivity contribution in [3.8, 4) is 0 Å². The highest BCUT2D eigenvalue weighted by Gasteiger charge is 2.18. The molecule has 0 radical (unpaired) electrons. The van der Waals surface area contributed by atoms with Gasteiger partial charge in [-0.2, -0.15) is 0 Å². The molecule has 0 aliphatic rings. The Hall–Kier alpha value is -3.93. The first-order chi connectivity index (χ1) is 15.6. The number of rotatable bonds is 9. The van der Waals surface area contributed by atoms with E-state index in [1.165, 1.54) is 0 Å². The van der Waals surface area contributed by atoms with Crippen molar-refractivity contribution in [1.82, 2.24) is 10.6 Å². The van der Waals surface area contributed by atoms with Crippen molar-refractivity contribution < 1.29 is 14.4 Å². The summed E-state index contributed by atoms with van der Waals surface area (Å²) >= 11 is 0. The fourth-order valence-corrected chi connectivity index (χ4v) is 3.34. The molecule has 0 bridgehead atoms. The first kappa shape index (κ1) is 22.7. The summed E-state index contributed by atoms with van der Waals surface area (Å²) in [5.41, 5.74) is 2.67. The molecule has 1 unspecified atom stereocenters. The second-order valence-electron chi connectivity index (χ2n) is 7.32. The van der Waals surface area contributed by atoms with Crippen molar-refractivity contribution in [1.29, 1.82) is 0 Å². The standard InChI is InChI=1S/C26H27N3O3/c1-2-23(19-9-5-3-6-10-19)26(32)29-22-15-13-21(14-16-22)25(31)28-18-17-27-24(30)20-11-7-4-8-12-20/h3-16,23H,2,17-18H2,1H3,(H,27,30)(H,28,31)(H,29,32). The highest BCUT2D eigenvalue weighted by Crippen LogP contribution is 2.21. The van der Waals surface area contributed by atoms with E-state index in [0.717, 1.165) is 5.56 Å². The van der Waals surface area contributed by atoms with E-state index in [-0.39, 0.29) is 23.6 Å². The summed E-state index contributed by atoms with van der Waals surface area (Å²) in [6.45, 7) is 2.61. The van der Waals surface area contributed by atoms with Gasteiger partial charge in [0, 0.05) is 29.9 Å². The van der Waals surface area contributed by atoms with E-state index in [4.69, 9.17) is 0 Å². The van der Waals surface area contributed by atoms with Crippen LogP contribution in [0.4, 0.5) is 5.69 Å². The van der Waals surface area contributed by atoms with Gasteiger partial charge in [0.25, 0.3) is 11.8 Å². The lowest BCUT2D eigenvalue weighted by Gasteiger charge is -2.15. The van der Waals surface area contributed by atoms with Gasteiger partial charge in [-0.15, -0.1) is 0 Å². The number of amides is 3. The highest BCUT2D eigenvalue weighted by molar-refractivity contribution is 5.98. The molecule has 0 saturated heterocycles. The molecule has 3 amide bonds. The largest absolute Gasteiger partial charge is 0.350 e. The Labute approximate surface area is 188 Å². The van der Waals surface area contributed by atoms with Crippen LogP contribution in [0.25, 0.3) is 0 Å². The Kier molecular flexibility index (Phi) is 8.15. The molecule has 0 aliphatic carbocycles. The van der Waals surface area contributed by atoms with Gasteiger partial charge in [-0.05, 0) is 48.4 Å². The molecule has 3 rings (SSSR count). The minimum absolute atomic E-state index is 0.0786. The van der Waals surface area contributed by atoms with Crippen molar-refractivity contribution in [3.63, 3.8) is 0 Å². The van der Waals surface area contributed by atoms with Gasteiger partial charge >= 0.3 is 0 Å². The molecule has 3 aromatic carbocycles. The van der Waals surface area contributed by atoms with Crippen LogP contribution in [0, 0.1) is 0 Å². The second kappa shape index (κ2) is 11.5. The lowest BCUT2D eigenvalue weighted by molar-refractivity contribution is -0.117. The molecule has 0 aliphatic heterocycles. The van der Waals surface area contributed by atoms with Crippen LogP contribution in [-0.2, 0) is 4.79 Å². The van der Waals surface area contributed by atoms with Crippen LogP contribution in [0.3, 0.4) is 0 Å². The lowest BCUT2D eigenvalue weighted by atomic mass is 9.95. The third-order valence-corrected chi connectivity index (χ3v) is 5.07. The number of hydrogen-bond donors (Lipinski definition) is 3. The Bertz CT molecular complexity index is 1030. The molecule has 6 nitrogen and oxygen atoms in total. The summed E-state index contributed by atoms with van der Waals surface area (Å²) in [6.07, 6.45) is 0.692. The minimum atomic E-state index is -0.243. The van der Waals surface area contributed by atoms with E-state index in [0.29, 0.717) is 36.3 Å². The number of anilines is 1. The minimum Gasteiger partial charge on any atom is -0.350 e. The molecule has 3 N–H and O–H groups in total. The van der Waals surface area contributed by atoms with Gasteiger partial charge in [-0.25, -0.2) is 0 Å². The Morgan fingerprint density at radius 3 is 1.72 bits per heavy atom. The van der Waals surface area contributed by atoms with Crippen molar-refractivity contribution in [3.05, 3.63) is 102 Å². The summed E-state index contributed by atoms with van der Waals surface area (Å²) < 4.78 is 0. The fraction of sp³-hybridized carbons (Fsp3) is 0.192. The second-order valence-corrected chi connectivity index (χ2v) is 7.32. The molecule has 6 heteroatoms. The molecule has 0 heterocycles. The van der Waals surface area contributed by atoms with Gasteiger partial charge in [-0.3, -0.25) is 14.4 Å². The van der Waals surface area contributed by atoms with Gasteiger partial charge in [0.1, 0.15) is 0 Å². The Morgan fingerprint density at radius 2 is 1.19 bits per heavy atom. The zero-order valence-electron chi connectivity index (χ0n) is 18.0. The van der Waals surface area contributed by atoms with Crippen molar-refractivity contribution in [2.75, 3.05) is 18.4 Å². The first-order valence-corrected chi connectivity index (χ1v) is 10.7. The smallest absolute Gasteiger partial charge is 0.251 e. The van der Waals surface area contributed by atoms with Crippen molar-refractivity contribution in [2.24, 2.45) is 0 Å². The molecule has 1 atom stereocenters. The van der Waals surface area contributed by atoms with E-state index in [9.17, 15) is 14.4 Å². The summed E-state index contributed by atoms with van der Waals surface area (Å²) in [6, 6.07) is 25.3. The van der Waals surface area contributed by atoms with Gasteiger partial charge in [0.15, 0.2) is 0 Å². The lowest BCUT2D eigenvalue weighted by Crippen LogP contribution is -2.34.